The van der Waals surface area contributed by atoms with E-state index >= 15 is 0 Å². The van der Waals surface area contributed by atoms with Gasteiger partial charge in [-0.05, 0) is 46.9 Å². The topological polar surface area (TPSA) is 52.0 Å². The highest BCUT2D eigenvalue weighted by atomic mass is 79.9. The second-order valence-electron chi connectivity index (χ2n) is 3.18. The van der Waals surface area contributed by atoms with Gasteiger partial charge in [-0.2, -0.15) is 0 Å². The van der Waals surface area contributed by atoms with Gasteiger partial charge < -0.3 is 11.5 Å². The van der Waals surface area contributed by atoms with Crippen molar-refractivity contribution in [3.8, 4) is 0 Å². The Morgan fingerprint density at radius 2 is 2.14 bits per heavy atom. The van der Waals surface area contributed by atoms with Crippen molar-refractivity contribution in [2.45, 2.75) is 18.9 Å². The molecule has 0 bridgehead atoms. The Hall–Kier alpha value is -0.450. The van der Waals surface area contributed by atoms with Crippen molar-refractivity contribution in [2.75, 3.05) is 6.54 Å². The van der Waals surface area contributed by atoms with E-state index in [1.54, 1.807) is 6.07 Å². The molecule has 0 aromatic heterocycles. The van der Waals surface area contributed by atoms with E-state index in [2.05, 4.69) is 15.9 Å². The SMILES string of the molecule is NCCC[C@H](N)c1cccc(F)c1Br. The first-order chi connectivity index (χ1) is 6.66. The second kappa shape index (κ2) is 5.44. The average Bonchev–Trinajstić information content (AvgIpc) is 2.18. The molecule has 0 aliphatic heterocycles. The van der Waals surface area contributed by atoms with Crippen molar-refractivity contribution in [2.24, 2.45) is 11.5 Å². The Labute approximate surface area is 91.6 Å². The molecule has 0 aliphatic carbocycles. The number of hydrogen-bond donors (Lipinski definition) is 2. The highest BCUT2D eigenvalue weighted by Gasteiger charge is 2.11. The predicted octanol–water partition coefficient (Wildman–Crippen LogP) is 2.33. The average molecular weight is 261 g/mol. The molecule has 0 aliphatic rings. The molecule has 2 nitrogen and oxygen atoms in total. The maximum absolute atomic E-state index is 13.1. The highest BCUT2D eigenvalue weighted by molar-refractivity contribution is 9.10. The third kappa shape index (κ3) is 2.77. The fourth-order valence-electron chi connectivity index (χ4n) is 1.30. The molecule has 0 saturated heterocycles. The number of rotatable bonds is 4. The molecule has 1 atom stereocenters. The number of benzene rings is 1. The van der Waals surface area contributed by atoms with E-state index in [4.69, 9.17) is 11.5 Å². The van der Waals surface area contributed by atoms with Gasteiger partial charge in [0.25, 0.3) is 0 Å². The van der Waals surface area contributed by atoms with Gasteiger partial charge >= 0.3 is 0 Å². The lowest BCUT2D eigenvalue weighted by Gasteiger charge is -2.13. The zero-order chi connectivity index (χ0) is 10.6. The van der Waals surface area contributed by atoms with Crippen molar-refractivity contribution >= 4 is 15.9 Å². The third-order valence-corrected chi connectivity index (χ3v) is 2.94. The summed E-state index contributed by atoms with van der Waals surface area (Å²) in [6.07, 6.45) is 1.63. The van der Waals surface area contributed by atoms with Gasteiger partial charge in [-0.3, -0.25) is 0 Å². The van der Waals surface area contributed by atoms with Crippen LogP contribution in [0.4, 0.5) is 4.39 Å². The van der Waals surface area contributed by atoms with Crippen LogP contribution in [0.15, 0.2) is 22.7 Å². The molecular formula is C10H14BrFN2. The minimum atomic E-state index is -0.273. The lowest BCUT2D eigenvalue weighted by atomic mass is 10.0. The number of hydrogen-bond acceptors (Lipinski definition) is 2. The smallest absolute Gasteiger partial charge is 0.137 e. The monoisotopic (exact) mass is 260 g/mol. The summed E-state index contributed by atoms with van der Waals surface area (Å²) in [6, 6.07) is 4.75. The Kier molecular flexibility index (Phi) is 4.51. The van der Waals surface area contributed by atoms with Crippen molar-refractivity contribution in [3.05, 3.63) is 34.1 Å². The molecule has 0 amide bonds. The van der Waals surface area contributed by atoms with Crippen LogP contribution in [0.5, 0.6) is 0 Å². The molecule has 0 spiro atoms. The molecule has 14 heavy (non-hydrogen) atoms. The van der Waals surface area contributed by atoms with Crippen LogP contribution in [0, 0.1) is 5.82 Å². The van der Waals surface area contributed by atoms with Crippen molar-refractivity contribution in [3.63, 3.8) is 0 Å². The summed E-state index contributed by atoms with van der Waals surface area (Å²) in [5.74, 6) is -0.273. The summed E-state index contributed by atoms with van der Waals surface area (Å²) in [4.78, 5) is 0. The minimum absolute atomic E-state index is 0.149. The van der Waals surface area contributed by atoms with Gasteiger partial charge in [0.05, 0.1) is 4.47 Å². The van der Waals surface area contributed by atoms with Crippen LogP contribution in [-0.2, 0) is 0 Å². The van der Waals surface area contributed by atoms with Gasteiger partial charge in [-0.15, -0.1) is 0 Å². The molecule has 0 unspecified atom stereocenters. The quantitative estimate of drug-likeness (QED) is 0.873. The molecule has 1 rings (SSSR count). The Morgan fingerprint density at radius 3 is 2.79 bits per heavy atom. The summed E-state index contributed by atoms with van der Waals surface area (Å²) >= 11 is 3.19. The van der Waals surface area contributed by atoms with Crippen molar-refractivity contribution in [1.82, 2.24) is 0 Å². The zero-order valence-corrected chi connectivity index (χ0v) is 9.43. The Bertz CT molecular complexity index is 304. The van der Waals surface area contributed by atoms with Crippen LogP contribution < -0.4 is 11.5 Å². The van der Waals surface area contributed by atoms with Crippen molar-refractivity contribution < 1.29 is 4.39 Å². The molecule has 0 heterocycles. The van der Waals surface area contributed by atoms with Gasteiger partial charge in [0.1, 0.15) is 5.82 Å². The summed E-state index contributed by atoms with van der Waals surface area (Å²) in [5.41, 5.74) is 12.1. The number of nitrogens with two attached hydrogens (primary N) is 2. The van der Waals surface area contributed by atoms with Gasteiger partial charge in [0, 0.05) is 6.04 Å². The molecule has 4 heteroatoms. The Balaban J connectivity index is 2.79. The predicted molar refractivity (Wildman–Crippen MR) is 59.3 cm³/mol. The van der Waals surface area contributed by atoms with E-state index < -0.39 is 0 Å². The molecular weight excluding hydrogens is 247 g/mol. The fourth-order valence-corrected chi connectivity index (χ4v) is 1.86. The van der Waals surface area contributed by atoms with E-state index in [1.807, 2.05) is 6.07 Å². The van der Waals surface area contributed by atoms with Gasteiger partial charge in [0.2, 0.25) is 0 Å². The molecule has 0 radical (unpaired) electrons. The van der Waals surface area contributed by atoms with Crippen LogP contribution in [0.3, 0.4) is 0 Å². The Morgan fingerprint density at radius 1 is 1.43 bits per heavy atom. The van der Waals surface area contributed by atoms with E-state index in [1.165, 1.54) is 6.07 Å². The maximum atomic E-state index is 13.1. The number of halogens is 2. The molecule has 78 valence electrons. The first-order valence-corrected chi connectivity index (χ1v) is 5.35. The lowest BCUT2D eigenvalue weighted by Crippen LogP contribution is -2.13. The standard InChI is InChI=1S/C10H14BrFN2/c11-10-7(3-1-4-8(10)12)9(14)5-2-6-13/h1,3-4,9H,2,5-6,13-14H2/t9-/m0/s1. The lowest BCUT2D eigenvalue weighted by molar-refractivity contribution is 0.590. The van der Waals surface area contributed by atoms with Crippen LogP contribution in [0.2, 0.25) is 0 Å². The first kappa shape index (κ1) is 11.6. The fraction of sp³-hybridized carbons (Fsp3) is 0.400. The third-order valence-electron chi connectivity index (χ3n) is 2.10. The first-order valence-electron chi connectivity index (χ1n) is 4.56. The van der Waals surface area contributed by atoms with Gasteiger partial charge in [-0.25, -0.2) is 4.39 Å². The normalized spacial score (nSPS) is 12.9. The minimum Gasteiger partial charge on any atom is -0.330 e. The van der Waals surface area contributed by atoms with E-state index in [-0.39, 0.29) is 11.9 Å². The van der Waals surface area contributed by atoms with Crippen LogP contribution in [0.1, 0.15) is 24.4 Å². The van der Waals surface area contributed by atoms with E-state index in [0.29, 0.717) is 11.0 Å². The summed E-state index contributed by atoms with van der Waals surface area (Å²) in [5, 5.41) is 0. The molecule has 1 aromatic carbocycles. The molecule has 4 N–H and O–H groups in total. The maximum Gasteiger partial charge on any atom is 0.137 e. The van der Waals surface area contributed by atoms with E-state index in [0.717, 1.165) is 18.4 Å². The summed E-state index contributed by atoms with van der Waals surface area (Å²) < 4.78 is 13.6. The van der Waals surface area contributed by atoms with Crippen LogP contribution >= 0.6 is 15.9 Å². The van der Waals surface area contributed by atoms with Crippen LogP contribution in [0.25, 0.3) is 0 Å². The second-order valence-corrected chi connectivity index (χ2v) is 3.97. The molecule has 0 fully saturated rings. The van der Waals surface area contributed by atoms with Crippen LogP contribution in [-0.4, -0.2) is 6.54 Å². The molecule has 1 aromatic rings. The van der Waals surface area contributed by atoms with Gasteiger partial charge in [-0.1, -0.05) is 12.1 Å². The van der Waals surface area contributed by atoms with Crippen molar-refractivity contribution in [1.29, 1.82) is 0 Å². The summed E-state index contributed by atoms with van der Waals surface area (Å²) in [7, 11) is 0. The largest absolute Gasteiger partial charge is 0.330 e. The van der Waals surface area contributed by atoms with Gasteiger partial charge in [0.15, 0.2) is 0 Å². The highest BCUT2D eigenvalue weighted by Crippen LogP contribution is 2.26. The molecule has 0 saturated carbocycles. The zero-order valence-electron chi connectivity index (χ0n) is 7.84. The summed E-state index contributed by atoms with van der Waals surface area (Å²) in [6.45, 7) is 0.612. The van der Waals surface area contributed by atoms with E-state index in [9.17, 15) is 4.39 Å².